The van der Waals surface area contributed by atoms with Crippen molar-refractivity contribution in [3.63, 3.8) is 0 Å². The van der Waals surface area contributed by atoms with E-state index in [0.29, 0.717) is 0 Å². The monoisotopic (exact) mass is 898 g/mol. The molecule has 0 bridgehead atoms. The Hall–Kier alpha value is -6.44. The zero-order valence-corrected chi connectivity index (χ0v) is 42.5. The molecule has 4 aliphatic carbocycles. The molecule has 0 heterocycles. The second kappa shape index (κ2) is 15.0. The molecule has 0 saturated heterocycles. The molecule has 0 saturated carbocycles. The van der Waals surface area contributed by atoms with Crippen molar-refractivity contribution in [2.75, 3.05) is 4.90 Å². The zero-order chi connectivity index (χ0) is 47.9. The summed E-state index contributed by atoms with van der Waals surface area (Å²) in [4.78, 5) is 2.66. The molecule has 12 rings (SSSR count). The third-order valence-electron chi connectivity index (χ3n) is 17.9. The molecule has 0 amide bonds. The van der Waals surface area contributed by atoms with Crippen LogP contribution in [0.2, 0.25) is 0 Å². The topological polar surface area (TPSA) is 3.24 Å². The van der Waals surface area contributed by atoms with Gasteiger partial charge in [0.15, 0.2) is 0 Å². The number of anilines is 3. The maximum atomic E-state index is 2.66. The molecule has 344 valence electrons. The molecule has 0 N–H and O–H groups in total. The molecule has 0 atom stereocenters. The number of nitrogens with zero attached hydrogens (tertiary/aromatic N) is 1. The molecule has 69 heavy (non-hydrogen) atoms. The summed E-state index contributed by atoms with van der Waals surface area (Å²) >= 11 is 0. The molecule has 0 fully saturated rings. The highest BCUT2D eigenvalue weighted by Gasteiger charge is 2.48. The number of hydrogen-bond acceptors (Lipinski definition) is 1. The van der Waals surface area contributed by atoms with Gasteiger partial charge in [-0.2, -0.15) is 0 Å². The maximum Gasteiger partial charge on any atom is 0.0714 e. The van der Waals surface area contributed by atoms with Gasteiger partial charge in [-0.25, -0.2) is 0 Å². The molecular weight excluding hydrogens is 831 g/mol. The Morgan fingerprint density at radius 3 is 1.35 bits per heavy atom. The zero-order valence-electron chi connectivity index (χ0n) is 42.5. The van der Waals surface area contributed by atoms with Crippen LogP contribution in [0.3, 0.4) is 0 Å². The van der Waals surface area contributed by atoms with Crippen molar-refractivity contribution in [1.82, 2.24) is 0 Å². The average molecular weight is 898 g/mol. The molecular formula is C68H67N. The van der Waals surface area contributed by atoms with Crippen molar-refractivity contribution >= 4 is 17.1 Å². The quantitative estimate of drug-likeness (QED) is 0.161. The maximum absolute atomic E-state index is 2.66. The first kappa shape index (κ1) is 43.8. The van der Waals surface area contributed by atoms with Gasteiger partial charge in [-0.05, 0) is 167 Å². The van der Waals surface area contributed by atoms with E-state index in [0.717, 1.165) is 12.8 Å². The van der Waals surface area contributed by atoms with Gasteiger partial charge in [0.05, 0.1) is 11.1 Å². The van der Waals surface area contributed by atoms with E-state index >= 15 is 0 Å². The molecule has 8 aromatic rings. The molecule has 0 radical (unpaired) electrons. The minimum Gasteiger partial charge on any atom is -0.310 e. The highest BCUT2D eigenvalue weighted by atomic mass is 15.1. The molecule has 8 aromatic carbocycles. The average Bonchev–Trinajstić information content (AvgIpc) is 3.77. The second-order valence-corrected chi connectivity index (χ2v) is 24.2. The number of benzene rings is 8. The van der Waals surface area contributed by atoms with Crippen LogP contribution in [0.25, 0.3) is 33.4 Å². The summed E-state index contributed by atoms with van der Waals surface area (Å²) in [5, 5.41) is 0. The van der Waals surface area contributed by atoms with E-state index in [1.54, 1.807) is 0 Å². The van der Waals surface area contributed by atoms with Crippen molar-refractivity contribution in [2.24, 2.45) is 0 Å². The number of hydrogen-bond donors (Lipinski definition) is 0. The van der Waals surface area contributed by atoms with Gasteiger partial charge in [0.25, 0.3) is 0 Å². The lowest BCUT2D eigenvalue weighted by Crippen LogP contribution is -2.34. The fourth-order valence-electron chi connectivity index (χ4n) is 13.6. The first-order valence-electron chi connectivity index (χ1n) is 25.7. The van der Waals surface area contributed by atoms with E-state index in [1.165, 1.54) is 119 Å². The van der Waals surface area contributed by atoms with Crippen LogP contribution in [0.1, 0.15) is 151 Å². The smallest absolute Gasteiger partial charge is 0.0714 e. The lowest BCUT2D eigenvalue weighted by atomic mass is 9.63. The summed E-state index contributed by atoms with van der Waals surface area (Å²) in [6.45, 7) is 24.5. The number of fused-ring (bicyclic) bond motifs is 8. The van der Waals surface area contributed by atoms with Crippen molar-refractivity contribution in [3.05, 3.63) is 232 Å². The Kier molecular flexibility index (Phi) is 9.54. The summed E-state index contributed by atoms with van der Waals surface area (Å²) in [6, 6.07) is 68.5. The van der Waals surface area contributed by atoms with E-state index in [1.807, 2.05) is 0 Å². The third-order valence-corrected chi connectivity index (χ3v) is 17.9. The molecule has 1 nitrogen and oxygen atoms in total. The Labute approximate surface area is 412 Å². The summed E-state index contributed by atoms with van der Waals surface area (Å²) in [6.07, 6.45) is 4.69. The minimum atomic E-state index is -0.557. The third kappa shape index (κ3) is 6.41. The molecule has 0 aliphatic heterocycles. The standard InChI is InChI=1S/C68H67N/c1-63(2)35-37-65(5,6)60-39-44(29-33-56(60)63)52-42-53-50-26-18-20-28-55(50)68(45-21-13-11-14-22-45,46-23-15-12-16-24-46)59(53)43-62(52)69(48-31-34-57-61(41-48)66(7,8)38-36-64(57,3)4)47-30-32-51-49-25-17-19-27-54(49)67(9,10)58(51)40-47/h11-34,39-43H,35-38H2,1-10H3. The molecule has 0 aromatic heterocycles. The SMILES string of the molecule is CC1(C)CCC(C)(C)c2cc(-c3cc4c(cc3N(c3ccc5c(c3)C(C)(C)CCC5(C)C)c3ccc5c(c3)C(C)(C)c3ccccc3-5)C(c3ccccc3)(c3ccccc3)c3ccccc3-4)ccc21. The van der Waals surface area contributed by atoms with E-state index in [9.17, 15) is 0 Å². The Balaban J connectivity index is 1.22. The first-order chi connectivity index (χ1) is 32.9. The number of rotatable bonds is 6. The minimum absolute atomic E-state index is 0.0309. The van der Waals surface area contributed by atoms with Crippen LogP contribution in [-0.2, 0) is 32.5 Å². The predicted octanol–water partition coefficient (Wildman–Crippen LogP) is 18.2. The normalized spacial score (nSPS) is 18.8. The van der Waals surface area contributed by atoms with Gasteiger partial charge >= 0.3 is 0 Å². The Bertz CT molecular complexity index is 3320. The van der Waals surface area contributed by atoms with Crippen LogP contribution in [0.5, 0.6) is 0 Å². The molecule has 1 heteroatoms. The van der Waals surface area contributed by atoms with E-state index in [-0.39, 0.29) is 27.1 Å². The van der Waals surface area contributed by atoms with Gasteiger partial charge in [-0.15, -0.1) is 0 Å². The van der Waals surface area contributed by atoms with Gasteiger partial charge in [0.1, 0.15) is 0 Å². The van der Waals surface area contributed by atoms with Gasteiger partial charge in [0, 0.05) is 22.4 Å². The van der Waals surface area contributed by atoms with Gasteiger partial charge in [-0.3, -0.25) is 0 Å². The first-order valence-corrected chi connectivity index (χ1v) is 25.7. The second-order valence-electron chi connectivity index (χ2n) is 24.2. The predicted molar refractivity (Wildman–Crippen MR) is 292 cm³/mol. The molecule has 4 aliphatic rings. The molecule has 0 unspecified atom stereocenters. The highest BCUT2D eigenvalue weighted by Crippen LogP contribution is 2.60. The fraction of sp³-hybridized carbons (Fsp3) is 0.294. The van der Waals surface area contributed by atoms with Gasteiger partial charge in [-0.1, -0.05) is 209 Å². The van der Waals surface area contributed by atoms with Crippen molar-refractivity contribution < 1.29 is 0 Å². The van der Waals surface area contributed by atoms with Gasteiger partial charge < -0.3 is 4.90 Å². The Morgan fingerprint density at radius 2 is 0.754 bits per heavy atom. The van der Waals surface area contributed by atoms with Crippen LogP contribution in [0, 0.1) is 0 Å². The highest BCUT2D eigenvalue weighted by molar-refractivity contribution is 5.97. The molecule has 0 spiro atoms. The summed E-state index contributed by atoms with van der Waals surface area (Å²) in [7, 11) is 0. The van der Waals surface area contributed by atoms with Crippen LogP contribution >= 0.6 is 0 Å². The van der Waals surface area contributed by atoms with E-state index < -0.39 is 5.41 Å². The van der Waals surface area contributed by atoms with Gasteiger partial charge in [0.2, 0.25) is 0 Å². The van der Waals surface area contributed by atoms with E-state index in [2.05, 4.69) is 250 Å². The summed E-state index contributed by atoms with van der Waals surface area (Å²) in [5.74, 6) is 0. The fourth-order valence-corrected chi connectivity index (χ4v) is 13.6. The van der Waals surface area contributed by atoms with Crippen LogP contribution in [0.15, 0.2) is 176 Å². The summed E-state index contributed by atoms with van der Waals surface area (Å²) < 4.78 is 0. The van der Waals surface area contributed by atoms with Crippen molar-refractivity contribution in [1.29, 1.82) is 0 Å². The largest absolute Gasteiger partial charge is 0.310 e. The lowest BCUT2D eigenvalue weighted by molar-refractivity contribution is 0.332. The van der Waals surface area contributed by atoms with Crippen LogP contribution in [0.4, 0.5) is 17.1 Å². The van der Waals surface area contributed by atoms with Crippen molar-refractivity contribution in [3.8, 4) is 33.4 Å². The van der Waals surface area contributed by atoms with Crippen molar-refractivity contribution in [2.45, 2.75) is 127 Å². The Morgan fingerprint density at radius 1 is 0.304 bits per heavy atom. The van der Waals surface area contributed by atoms with Crippen LogP contribution < -0.4 is 4.90 Å². The van der Waals surface area contributed by atoms with E-state index in [4.69, 9.17) is 0 Å². The summed E-state index contributed by atoms with van der Waals surface area (Å²) in [5.41, 5.74) is 24.8. The lowest BCUT2D eigenvalue weighted by Gasteiger charge is -2.43. The van der Waals surface area contributed by atoms with Crippen LogP contribution in [-0.4, -0.2) is 0 Å².